The molecule has 0 aliphatic carbocycles. The van der Waals surface area contributed by atoms with E-state index in [1.165, 1.54) is 6.07 Å². The molecule has 5 heteroatoms. The molecule has 0 radical (unpaired) electrons. The summed E-state index contributed by atoms with van der Waals surface area (Å²) in [5.41, 5.74) is 6.31. The van der Waals surface area contributed by atoms with Crippen LogP contribution < -0.4 is 10.5 Å². The van der Waals surface area contributed by atoms with Gasteiger partial charge < -0.3 is 10.5 Å². The van der Waals surface area contributed by atoms with E-state index in [0.717, 1.165) is 15.4 Å². The normalized spacial score (nSPS) is 10.6. The first-order valence-electron chi connectivity index (χ1n) is 5.71. The molecular formula is C13H15FN2OS. The summed E-state index contributed by atoms with van der Waals surface area (Å²) in [5.74, 6) is -0.0796. The lowest BCUT2D eigenvalue weighted by Gasteiger charge is -2.07. The topological polar surface area (TPSA) is 48.1 Å². The van der Waals surface area contributed by atoms with E-state index in [4.69, 9.17) is 10.5 Å². The minimum Gasteiger partial charge on any atom is -0.485 e. The highest BCUT2D eigenvalue weighted by molar-refractivity contribution is 7.11. The van der Waals surface area contributed by atoms with Crippen LogP contribution in [0.3, 0.4) is 0 Å². The van der Waals surface area contributed by atoms with Gasteiger partial charge in [-0.1, -0.05) is 6.07 Å². The van der Waals surface area contributed by atoms with Gasteiger partial charge >= 0.3 is 0 Å². The SMILES string of the molecule is Cc1ncc(COc2ccc(CCN)cc2F)s1. The molecule has 0 aliphatic rings. The summed E-state index contributed by atoms with van der Waals surface area (Å²) in [6, 6.07) is 4.96. The predicted molar refractivity (Wildman–Crippen MR) is 70.3 cm³/mol. The van der Waals surface area contributed by atoms with Crippen molar-refractivity contribution in [2.24, 2.45) is 5.73 Å². The average molecular weight is 266 g/mol. The minimum atomic E-state index is -0.345. The van der Waals surface area contributed by atoms with Gasteiger partial charge in [-0.3, -0.25) is 0 Å². The Morgan fingerprint density at radius 1 is 1.44 bits per heavy atom. The van der Waals surface area contributed by atoms with Crippen molar-refractivity contribution >= 4 is 11.3 Å². The van der Waals surface area contributed by atoms with Gasteiger partial charge in [0.25, 0.3) is 0 Å². The fourth-order valence-electron chi connectivity index (χ4n) is 1.60. The molecule has 0 saturated carbocycles. The average Bonchev–Trinajstić information content (AvgIpc) is 2.74. The summed E-state index contributed by atoms with van der Waals surface area (Å²) in [4.78, 5) is 5.10. The van der Waals surface area contributed by atoms with E-state index in [-0.39, 0.29) is 11.6 Å². The number of halogens is 1. The van der Waals surface area contributed by atoms with Crippen molar-refractivity contribution in [1.82, 2.24) is 4.98 Å². The number of nitrogens with zero attached hydrogens (tertiary/aromatic N) is 1. The lowest BCUT2D eigenvalue weighted by atomic mass is 10.1. The molecule has 18 heavy (non-hydrogen) atoms. The number of thiazole rings is 1. The van der Waals surface area contributed by atoms with E-state index in [1.54, 1.807) is 23.6 Å². The molecule has 2 N–H and O–H groups in total. The lowest BCUT2D eigenvalue weighted by Crippen LogP contribution is -2.03. The van der Waals surface area contributed by atoms with E-state index in [1.807, 2.05) is 13.0 Å². The van der Waals surface area contributed by atoms with E-state index < -0.39 is 0 Å². The van der Waals surface area contributed by atoms with E-state index in [9.17, 15) is 4.39 Å². The van der Waals surface area contributed by atoms with Crippen LogP contribution in [-0.4, -0.2) is 11.5 Å². The molecule has 2 aromatic rings. The summed E-state index contributed by atoms with van der Waals surface area (Å²) >= 11 is 1.55. The summed E-state index contributed by atoms with van der Waals surface area (Å²) in [6.45, 7) is 2.79. The van der Waals surface area contributed by atoms with Crippen LogP contribution in [-0.2, 0) is 13.0 Å². The number of aromatic nitrogens is 1. The van der Waals surface area contributed by atoms with Crippen molar-refractivity contribution in [2.75, 3.05) is 6.54 Å². The molecule has 0 aliphatic heterocycles. The number of hydrogen-bond donors (Lipinski definition) is 1. The quantitative estimate of drug-likeness (QED) is 0.905. The number of aryl methyl sites for hydroxylation is 1. The molecule has 0 amide bonds. The maximum atomic E-state index is 13.7. The van der Waals surface area contributed by atoms with Gasteiger partial charge in [-0.15, -0.1) is 11.3 Å². The molecule has 1 heterocycles. The summed E-state index contributed by atoms with van der Waals surface area (Å²) in [5, 5.41) is 0.979. The number of ether oxygens (including phenoxy) is 1. The Bertz CT molecular complexity index is 527. The Morgan fingerprint density at radius 2 is 2.28 bits per heavy atom. The van der Waals surface area contributed by atoms with Crippen LogP contribution >= 0.6 is 11.3 Å². The van der Waals surface area contributed by atoms with Gasteiger partial charge in [-0.05, 0) is 37.6 Å². The van der Waals surface area contributed by atoms with Gasteiger partial charge in [-0.2, -0.15) is 0 Å². The molecule has 0 atom stereocenters. The van der Waals surface area contributed by atoms with Crippen LogP contribution in [0.1, 0.15) is 15.4 Å². The molecule has 1 aromatic carbocycles. The second kappa shape index (κ2) is 5.93. The molecule has 1 aromatic heterocycles. The molecule has 0 spiro atoms. The van der Waals surface area contributed by atoms with Crippen LogP contribution in [0.5, 0.6) is 5.75 Å². The molecule has 0 fully saturated rings. The number of rotatable bonds is 5. The molecule has 0 bridgehead atoms. The van der Waals surface area contributed by atoms with Crippen LogP contribution in [0, 0.1) is 12.7 Å². The number of benzene rings is 1. The van der Waals surface area contributed by atoms with Crippen LogP contribution in [0.2, 0.25) is 0 Å². The number of nitrogens with two attached hydrogens (primary N) is 1. The maximum Gasteiger partial charge on any atom is 0.165 e. The third-order valence-corrected chi connectivity index (χ3v) is 3.35. The van der Waals surface area contributed by atoms with Gasteiger partial charge in [0.15, 0.2) is 11.6 Å². The molecule has 3 nitrogen and oxygen atoms in total. The summed E-state index contributed by atoms with van der Waals surface area (Å²) < 4.78 is 19.1. The zero-order valence-corrected chi connectivity index (χ0v) is 11.0. The first-order valence-corrected chi connectivity index (χ1v) is 6.53. The van der Waals surface area contributed by atoms with Crippen molar-refractivity contribution in [2.45, 2.75) is 20.0 Å². The number of hydrogen-bond acceptors (Lipinski definition) is 4. The minimum absolute atomic E-state index is 0.266. The van der Waals surface area contributed by atoms with Crippen molar-refractivity contribution in [3.63, 3.8) is 0 Å². The Kier molecular flexibility index (Phi) is 4.28. The maximum absolute atomic E-state index is 13.7. The van der Waals surface area contributed by atoms with Gasteiger partial charge in [0.2, 0.25) is 0 Å². The second-order valence-corrected chi connectivity index (χ2v) is 5.26. The molecule has 0 unspecified atom stereocenters. The Morgan fingerprint density at radius 3 is 2.89 bits per heavy atom. The largest absolute Gasteiger partial charge is 0.485 e. The highest BCUT2D eigenvalue weighted by atomic mass is 32.1. The van der Waals surface area contributed by atoms with Crippen molar-refractivity contribution in [1.29, 1.82) is 0 Å². The van der Waals surface area contributed by atoms with E-state index >= 15 is 0 Å². The first-order chi connectivity index (χ1) is 8.69. The summed E-state index contributed by atoms with van der Waals surface area (Å²) in [7, 11) is 0. The lowest BCUT2D eigenvalue weighted by molar-refractivity contribution is 0.293. The third kappa shape index (κ3) is 3.27. The molecule has 0 saturated heterocycles. The Hall–Kier alpha value is -1.46. The predicted octanol–water partition coefficient (Wildman–Crippen LogP) is 2.67. The fourth-order valence-corrected chi connectivity index (χ4v) is 2.31. The molecular weight excluding hydrogens is 251 g/mol. The monoisotopic (exact) mass is 266 g/mol. The molecule has 2 rings (SSSR count). The van der Waals surface area contributed by atoms with Crippen LogP contribution in [0.15, 0.2) is 24.4 Å². The highest BCUT2D eigenvalue weighted by Crippen LogP contribution is 2.21. The zero-order chi connectivity index (χ0) is 13.0. The fraction of sp³-hybridized carbons (Fsp3) is 0.308. The van der Waals surface area contributed by atoms with Crippen molar-refractivity contribution in [3.8, 4) is 5.75 Å². The second-order valence-electron chi connectivity index (χ2n) is 3.94. The summed E-state index contributed by atoms with van der Waals surface area (Å²) in [6.07, 6.45) is 2.42. The molecule has 96 valence electrons. The van der Waals surface area contributed by atoms with E-state index in [2.05, 4.69) is 4.98 Å². The van der Waals surface area contributed by atoms with Gasteiger partial charge in [0, 0.05) is 6.20 Å². The first kappa shape index (κ1) is 13.0. The van der Waals surface area contributed by atoms with Gasteiger partial charge in [0.1, 0.15) is 6.61 Å². The smallest absolute Gasteiger partial charge is 0.165 e. The Balaban J connectivity index is 2.01. The zero-order valence-electron chi connectivity index (χ0n) is 10.1. The highest BCUT2D eigenvalue weighted by Gasteiger charge is 2.06. The van der Waals surface area contributed by atoms with Gasteiger partial charge in [0.05, 0.1) is 9.88 Å². The van der Waals surface area contributed by atoms with Crippen molar-refractivity contribution in [3.05, 3.63) is 45.7 Å². The Labute approximate surface area is 109 Å². The van der Waals surface area contributed by atoms with Crippen LogP contribution in [0.4, 0.5) is 4.39 Å². The van der Waals surface area contributed by atoms with Crippen molar-refractivity contribution < 1.29 is 9.13 Å². The standard InChI is InChI=1S/C13H15FN2OS/c1-9-16-7-11(18-9)8-17-13-3-2-10(4-5-15)6-12(13)14/h2-3,6-7H,4-5,8,15H2,1H3. The third-order valence-electron chi connectivity index (χ3n) is 2.47. The van der Waals surface area contributed by atoms with Crippen LogP contribution in [0.25, 0.3) is 0 Å². The van der Waals surface area contributed by atoms with E-state index in [0.29, 0.717) is 19.6 Å². The van der Waals surface area contributed by atoms with Gasteiger partial charge in [-0.25, -0.2) is 9.37 Å².